The monoisotopic (exact) mass is 373 g/mol. The third kappa shape index (κ3) is 2.76. The number of hydrogen-bond acceptors (Lipinski definition) is 5. The number of fused-ring (bicyclic) bond motifs is 2. The van der Waals surface area contributed by atoms with E-state index in [1.807, 2.05) is 32.2 Å². The Morgan fingerprint density at radius 3 is 2.93 bits per heavy atom. The Balaban J connectivity index is 1.40. The van der Waals surface area contributed by atoms with E-state index in [9.17, 15) is 4.79 Å². The van der Waals surface area contributed by atoms with E-state index >= 15 is 0 Å². The zero-order chi connectivity index (χ0) is 19.3. The van der Waals surface area contributed by atoms with Crippen molar-refractivity contribution in [1.29, 1.82) is 0 Å². The summed E-state index contributed by atoms with van der Waals surface area (Å²) < 4.78 is 6.96. The minimum Gasteiger partial charge on any atom is -0.361 e. The minimum atomic E-state index is -0.132. The van der Waals surface area contributed by atoms with E-state index in [0.29, 0.717) is 11.3 Å². The van der Waals surface area contributed by atoms with E-state index in [1.165, 1.54) is 5.56 Å². The number of aryl methyl sites for hydroxylation is 3. The van der Waals surface area contributed by atoms with Crippen LogP contribution in [0.4, 0.5) is 0 Å². The Hall–Kier alpha value is -3.48. The standard InChI is InChI=1S/C21H19N5O2/c1-12-11-26-19(9-23-20(26)10-22-12)21(27)24-17-6-4-14-8-15(3-5-16(14)17)18-7-13(2)28-25-18/h3,5,7-11,17H,4,6H2,1-2H3,(H,24,27)/t17-/m1/s1. The van der Waals surface area contributed by atoms with Crippen molar-refractivity contribution < 1.29 is 9.32 Å². The second kappa shape index (κ2) is 6.30. The summed E-state index contributed by atoms with van der Waals surface area (Å²) in [7, 11) is 0. The van der Waals surface area contributed by atoms with Crippen LogP contribution in [0.5, 0.6) is 0 Å². The van der Waals surface area contributed by atoms with Gasteiger partial charge in [-0.05, 0) is 43.9 Å². The van der Waals surface area contributed by atoms with Gasteiger partial charge in [0.05, 0.1) is 24.1 Å². The van der Waals surface area contributed by atoms with Gasteiger partial charge in [-0.3, -0.25) is 14.2 Å². The lowest BCUT2D eigenvalue weighted by atomic mass is 10.0. The molecule has 3 heterocycles. The number of hydrogen-bond donors (Lipinski definition) is 1. The largest absolute Gasteiger partial charge is 0.361 e. The molecular formula is C21H19N5O2. The van der Waals surface area contributed by atoms with E-state index in [2.05, 4.69) is 32.6 Å². The van der Waals surface area contributed by atoms with Crippen LogP contribution in [-0.4, -0.2) is 25.4 Å². The first-order valence-electron chi connectivity index (χ1n) is 9.25. The van der Waals surface area contributed by atoms with Gasteiger partial charge in [-0.1, -0.05) is 17.3 Å². The second-order valence-electron chi connectivity index (χ2n) is 7.20. The van der Waals surface area contributed by atoms with Gasteiger partial charge in [0.15, 0.2) is 5.65 Å². The number of carbonyl (C=O) groups excluding carboxylic acids is 1. The Morgan fingerprint density at radius 2 is 2.11 bits per heavy atom. The molecule has 1 atom stereocenters. The summed E-state index contributed by atoms with van der Waals surface area (Å²) in [5, 5.41) is 7.25. The molecule has 140 valence electrons. The highest BCUT2D eigenvalue weighted by atomic mass is 16.5. The summed E-state index contributed by atoms with van der Waals surface area (Å²) >= 11 is 0. The maximum absolute atomic E-state index is 12.9. The van der Waals surface area contributed by atoms with Crippen molar-refractivity contribution in [1.82, 2.24) is 24.8 Å². The summed E-state index contributed by atoms with van der Waals surface area (Å²) in [6.07, 6.45) is 6.88. The van der Waals surface area contributed by atoms with Crippen molar-refractivity contribution in [3.05, 3.63) is 71.1 Å². The fourth-order valence-corrected chi connectivity index (χ4v) is 3.82. The number of nitrogens with zero attached hydrogens (tertiary/aromatic N) is 4. The van der Waals surface area contributed by atoms with Gasteiger partial charge >= 0.3 is 0 Å². The first-order valence-corrected chi connectivity index (χ1v) is 9.25. The van der Waals surface area contributed by atoms with Crippen molar-refractivity contribution in [2.75, 3.05) is 0 Å². The molecule has 0 saturated heterocycles. The number of imidazole rings is 1. The average molecular weight is 373 g/mol. The van der Waals surface area contributed by atoms with Gasteiger partial charge in [-0.2, -0.15) is 0 Å². The molecule has 0 unspecified atom stereocenters. The molecule has 0 aliphatic heterocycles. The summed E-state index contributed by atoms with van der Waals surface area (Å²) in [5.41, 5.74) is 6.28. The maximum Gasteiger partial charge on any atom is 0.270 e. The van der Waals surface area contributed by atoms with Crippen LogP contribution in [-0.2, 0) is 6.42 Å². The van der Waals surface area contributed by atoms with Gasteiger partial charge in [0.1, 0.15) is 17.1 Å². The molecule has 7 nitrogen and oxygen atoms in total. The number of rotatable bonds is 3. The van der Waals surface area contributed by atoms with Gasteiger partial charge in [0, 0.05) is 17.8 Å². The van der Waals surface area contributed by atoms with Crippen LogP contribution < -0.4 is 5.32 Å². The van der Waals surface area contributed by atoms with Crippen molar-refractivity contribution in [2.45, 2.75) is 32.7 Å². The van der Waals surface area contributed by atoms with Crippen LogP contribution in [0, 0.1) is 13.8 Å². The molecule has 1 aromatic carbocycles. The molecule has 0 fully saturated rings. The molecule has 3 aromatic heterocycles. The van der Waals surface area contributed by atoms with Crippen LogP contribution in [0.3, 0.4) is 0 Å². The fraction of sp³-hybridized carbons (Fsp3) is 0.238. The molecule has 1 aliphatic carbocycles. The minimum absolute atomic E-state index is 0.0101. The number of carbonyl (C=O) groups is 1. The lowest BCUT2D eigenvalue weighted by Gasteiger charge is -2.14. The zero-order valence-corrected chi connectivity index (χ0v) is 15.6. The number of benzene rings is 1. The van der Waals surface area contributed by atoms with Crippen LogP contribution >= 0.6 is 0 Å². The molecule has 7 heteroatoms. The van der Waals surface area contributed by atoms with Gasteiger partial charge in [-0.15, -0.1) is 0 Å². The van der Waals surface area contributed by atoms with Gasteiger partial charge in [0.25, 0.3) is 5.91 Å². The third-order valence-electron chi connectivity index (χ3n) is 5.21. The highest BCUT2D eigenvalue weighted by Gasteiger charge is 2.26. The molecule has 4 aromatic rings. The molecule has 0 radical (unpaired) electrons. The van der Waals surface area contributed by atoms with E-state index < -0.39 is 0 Å². The molecule has 0 spiro atoms. The van der Waals surface area contributed by atoms with Crippen LogP contribution in [0.15, 0.2) is 47.4 Å². The quantitative estimate of drug-likeness (QED) is 0.595. The molecule has 5 rings (SSSR count). The van der Waals surface area contributed by atoms with Gasteiger partial charge < -0.3 is 9.84 Å². The molecule has 28 heavy (non-hydrogen) atoms. The average Bonchev–Trinajstić information content (AvgIpc) is 3.39. The van der Waals surface area contributed by atoms with E-state index in [1.54, 1.807) is 16.8 Å². The predicted molar refractivity (Wildman–Crippen MR) is 103 cm³/mol. The summed E-state index contributed by atoms with van der Waals surface area (Å²) in [6, 6.07) is 8.17. The zero-order valence-electron chi connectivity index (χ0n) is 15.6. The van der Waals surface area contributed by atoms with E-state index in [4.69, 9.17) is 4.52 Å². The van der Waals surface area contributed by atoms with E-state index in [0.717, 1.165) is 41.1 Å². The Morgan fingerprint density at radius 1 is 1.21 bits per heavy atom. The van der Waals surface area contributed by atoms with Crippen molar-refractivity contribution in [3.63, 3.8) is 0 Å². The summed E-state index contributed by atoms with van der Waals surface area (Å²) in [6.45, 7) is 3.77. The van der Waals surface area contributed by atoms with Gasteiger partial charge in [0.2, 0.25) is 0 Å². The molecule has 0 bridgehead atoms. The van der Waals surface area contributed by atoms with Crippen molar-refractivity contribution in [2.24, 2.45) is 0 Å². The van der Waals surface area contributed by atoms with Crippen LogP contribution in [0.1, 0.15) is 45.5 Å². The second-order valence-corrected chi connectivity index (χ2v) is 7.20. The first kappa shape index (κ1) is 16.7. The normalized spacial score (nSPS) is 15.7. The summed E-state index contributed by atoms with van der Waals surface area (Å²) in [5.74, 6) is 0.659. The lowest BCUT2D eigenvalue weighted by Crippen LogP contribution is -2.28. The highest BCUT2D eigenvalue weighted by molar-refractivity contribution is 5.93. The topological polar surface area (TPSA) is 85.3 Å². The Labute approximate surface area is 161 Å². The first-order chi connectivity index (χ1) is 13.6. The van der Waals surface area contributed by atoms with Gasteiger partial charge in [-0.25, -0.2) is 4.98 Å². The van der Waals surface area contributed by atoms with Crippen LogP contribution in [0.25, 0.3) is 16.9 Å². The SMILES string of the molecule is Cc1cn2c(C(=O)N[C@@H]3CCc4cc(-c5cc(C)on5)ccc43)cnc2cn1. The molecule has 1 aliphatic rings. The Bertz CT molecular complexity index is 1210. The molecule has 0 saturated carbocycles. The molecular weight excluding hydrogens is 354 g/mol. The van der Waals surface area contributed by atoms with Crippen molar-refractivity contribution >= 4 is 11.6 Å². The maximum atomic E-state index is 12.9. The predicted octanol–water partition coefficient (Wildman–Crippen LogP) is 3.42. The van der Waals surface area contributed by atoms with Crippen molar-refractivity contribution in [3.8, 4) is 11.3 Å². The molecule has 1 amide bonds. The Kier molecular flexibility index (Phi) is 3.75. The number of amides is 1. The van der Waals surface area contributed by atoms with E-state index in [-0.39, 0.29) is 11.9 Å². The number of nitrogens with one attached hydrogen (secondary N) is 1. The highest BCUT2D eigenvalue weighted by Crippen LogP contribution is 2.34. The molecule has 1 N–H and O–H groups in total. The lowest BCUT2D eigenvalue weighted by molar-refractivity contribution is 0.0931. The number of aromatic nitrogens is 4. The smallest absolute Gasteiger partial charge is 0.270 e. The van der Waals surface area contributed by atoms with Crippen LogP contribution in [0.2, 0.25) is 0 Å². The fourth-order valence-electron chi connectivity index (χ4n) is 3.82. The summed E-state index contributed by atoms with van der Waals surface area (Å²) in [4.78, 5) is 21.4. The third-order valence-corrected chi connectivity index (χ3v) is 5.21.